The number of ether oxygens (including phenoxy) is 1. The van der Waals surface area contributed by atoms with Gasteiger partial charge in [-0.25, -0.2) is 12.7 Å². The molecule has 6 rings (SSSR count). The molecule has 0 N–H and O–H groups in total. The summed E-state index contributed by atoms with van der Waals surface area (Å²) >= 11 is 0. The van der Waals surface area contributed by atoms with Crippen LogP contribution in [0.5, 0.6) is 5.75 Å². The summed E-state index contributed by atoms with van der Waals surface area (Å²) in [5.74, 6) is -0.683. The van der Waals surface area contributed by atoms with E-state index in [-0.39, 0.29) is 36.5 Å². The number of carbonyl (C=O) groups excluding carboxylic acids is 1. The van der Waals surface area contributed by atoms with Gasteiger partial charge in [-0.3, -0.25) is 14.7 Å². The minimum atomic E-state index is -5.14. The number of fused-ring (bicyclic) bond motifs is 1. The second-order valence-corrected chi connectivity index (χ2v) is 12.5. The number of benzene rings is 3. The maximum absolute atomic E-state index is 15.1. The Morgan fingerprint density at radius 1 is 0.935 bits per heavy atom. The zero-order valence-corrected chi connectivity index (χ0v) is 25.4. The predicted octanol–water partition coefficient (Wildman–Crippen LogP) is 5.17. The highest BCUT2D eigenvalue weighted by molar-refractivity contribution is 7.93. The van der Waals surface area contributed by atoms with Crippen LogP contribution in [-0.2, 0) is 26.5 Å². The molecule has 46 heavy (non-hydrogen) atoms. The molecule has 1 unspecified atom stereocenters. The van der Waals surface area contributed by atoms with Gasteiger partial charge in [-0.05, 0) is 55.5 Å². The van der Waals surface area contributed by atoms with Gasteiger partial charge < -0.3 is 9.64 Å². The minimum Gasteiger partial charge on any atom is -0.493 e. The number of hydrogen-bond donors (Lipinski definition) is 0. The second kappa shape index (κ2) is 11.8. The summed E-state index contributed by atoms with van der Waals surface area (Å²) in [6, 6.07) is 20.3. The maximum atomic E-state index is 15.1. The van der Waals surface area contributed by atoms with Crippen molar-refractivity contribution in [3.63, 3.8) is 0 Å². The predicted molar refractivity (Wildman–Crippen MR) is 164 cm³/mol. The number of nitrogens with zero attached hydrogens (tertiary/aromatic N) is 5. The van der Waals surface area contributed by atoms with Crippen molar-refractivity contribution in [2.24, 2.45) is 0 Å². The molecule has 2 aliphatic rings. The summed E-state index contributed by atoms with van der Waals surface area (Å²) < 4.78 is 77.6. The van der Waals surface area contributed by atoms with Crippen LogP contribution < -0.4 is 13.9 Å². The number of carbonyl (C=O) groups is 1. The Balaban J connectivity index is 1.59. The third-order valence-electron chi connectivity index (χ3n) is 8.30. The normalized spacial score (nSPS) is 18.7. The number of para-hydroxylation sites is 1. The number of aromatic nitrogens is 1. The van der Waals surface area contributed by atoms with Crippen LogP contribution in [-0.4, -0.2) is 57.0 Å². The van der Waals surface area contributed by atoms with Gasteiger partial charge in [0.25, 0.3) is 15.9 Å². The zero-order valence-electron chi connectivity index (χ0n) is 24.6. The van der Waals surface area contributed by atoms with Gasteiger partial charge in [-0.1, -0.05) is 30.3 Å². The van der Waals surface area contributed by atoms with E-state index >= 15 is 4.79 Å². The molecule has 0 spiro atoms. The molecule has 4 aromatic rings. The largest absolute Gasteiger partial charge is 0.493 e. The third-order valence-corrected chi connectivity index (χ3v) is 10.1. The number of amides is 1. The molecule has 0 bridgehead atoms. The topological polar surface area (TPSA) is 107 Å². The Kier molecular flexibility index (Phi) is 7.95. The van der Waals surface area contributed by atoms with Crippen LogP contribution in [0.1, 0.15) is 29.2 Å². The fourth-order valence-corrected chi connectivity index (χ4v) is 8.02. The average molecular weight is 648 g/mol. The number of pyridine rings is 1. The van der Waals surface area contributed by atoms with E-state index in [0.29, 0.717) is 34.8 Å². The standard InChI is InChI=1S/C33H28F3N5O4S/c1-2-45-29-9-5-3-7-25(29)32(40-19-17-39(18-20-40)24-13-15-38-16-14-24)27-21-23(22-37)11-12-28(27)41(31(32)42)46(43,44)30-10-6-4-8-26(30)33(34,35)36/h3-16,21H,2,17-20H2,1H3. The van der Waals surface area contributed by atoms with E-state index in [1.54, 1.807) is 43.6 Å². The Morgan fingerprint density at radius 2 is 1.61 bits per heavy atom. The Bertz CT molecular complexity index is 1940. The molecule has 0 radical (unpaired) electrons. The van der Waals surface area contributed by atoms with Crippen LogP contribution in [0, 0.1) is 11.3 Å². The number of piperazine rings is 1. The van der Waals surface area contributed by atoms with E-state index in [2.05, 4.69) is 16.0 Å². The molecule has 9 nitrogen and oxygen atoms in total. The summed E-state index contributed by atoms with van der Waals surface area (Å²) in [7, 11) is -5.14. The van der Waals surface area contributed by atoms with E-state index in [4.69, 9.17) is 4.74 Å². The lowest BCUT2D eigenvalue weighted by molar-refractivity contribution is -0.140. The summed E-state index contributed by atoms with van der Waals surface area (Å²) in [6.07, 6.45) is -1.67. The first-order valence-corrected chi connectivity index (χ1v) is 15.9. The minimum absolute atomic E-state index is 0.135. The van der Waals surface area contributed by atoms with E-state index in [9.17, 15) is 26.9 Å². The van der Waals surface area contributed by atoms with Crippen molar-refractivity contribution >= 4 is 27.3 Å². The molecule has 1 fully saturated rings. The summed E-state index contributed by atoms with van der Waals surface area (Å²) in [5.41, 5.74) is -1.85. The first kappa shape index (κ1) is 31.1. The highest BCUT2D eigenvalue weighted by Gasteiger charge is 2.61. The van der Waals surface area contributed by atoms with Crippen molar-refractivity contribution in [1.29, 1.82) is 5.26 Å². The van der Waals surface area contributed by atoms with Gasteiger partial charge in [0.05, 0.1) is 29.5 Å². The Labute approximate surface area is 264 Å². The maximum Gasteiger partial charge on any atom is 0.417 e. The fraction of sp³-hybridized carbons (Fsp3) is 0.242. The number of sulfonamides is 1. The van der Waals surface area contributed by atoms with E-state index in [1.807, 2.05) is 17.0 Å². The average Bonchev–Trinajstić information content (AvgIpc) is 3.33. The van der Waals surface area contributed by atoms with Crippen LogP contribution in [0.4, 0.5) is 24.5 Å². The molecule has 1 amide bonds. The molecule has 2 aliphatic heterocycles. The van der Waals surface area contributed by atoms with Crippen molar-refractivity contribution in [1.82, 2.24) is 9.88 Å². The number of nitriles is 1. The SMILES string of the molecule is CCOc1ccccc1C1(N2CCN(c3ccncc3)CC2)C(=O)N(S(=O)(=O)c2ccccc2C(F)(F)F)c2ccc(C#N)cc21. The lowest BCUT2D eigenvalue weighted by atomic mass is 9.80. The Morgan fingerprint density at radius 3 is 2.28 bits per heavy atom. The highest BCUT2D eigenvalue weighted by atomic mass is 32.2. The molecule has 1 saturated heterocycles. The van der Waals surface area contributed by atoms with Crippen molar-refractivity contribution in [2.45, 2.75) is 23.5 Å². The van der Waals surface area contributed by atoms with Crippen molar-refractivity contribution in [3.05, 3.63) is 114 Å². The first-order chi connectivity index (χ1) is 22.0. The van der Waals surface area contributed by atoms with Crippen LogP contribution in [0.3, 0.4) is 0 Å². The molecular formula is C33H28F3N5O4S. The summed E-state index contributed by atoms with van der Waals surface area (Å²) in [6.45, 7) is 3.39. The van der Waals surface area contributed by atoms with Crippen molar-refractivity contribution < 1.29 is 31.1 Å². The summed E-state index contributed by atoms with van der Waals surface area (Å²) in [5, 5.41) is 9.87. The lowest BCUT2D eigenvalue weighted by Crippen LogP contribution is -2.60. The fourth-order valence-electron chi connectivity index (χ4n) is 6.34. The molecule has 236 valence electrons. The van der Waals surface area contributed by atoms with Crippen LogP contribution >= 0.6 is 0 Å². The third kappa shape index (κ3) is 4.94. The smallest absolute Gasteiger partial charge is 0.417 e. The van der Waals surface area contributed by atoms with E-state index in [0.717, 1.165) is 17.8 Å². The number of alkyl halides is 3. The molecule has 13 heteroatoms. The Hall–Kier alpha value is -4.93. The molecule has 1 atom stereocenters. The molecule has 0 saturated carbocycles. The number of halogens is 3. The summed E-state index contributed by atoms with van der Waals surface area (Å²) in [4.78, 5) is 22.1. The monoisotopic (exact) mass is 647 g/mol. The lowest BCUT2D eigenvalue weighted by Gasteiger charge is -2.46. The van der Waals surface area contributed by atoms with Crippen LogP contribution in [0.15, 0.2) is 96.2 Å². The van der Waals surface area contributed by atoms with E-state index < -0.39 is 38.1 Å². The van der Waals surface area contributed by atoms with Crippen LogP contribution in [0.25, 0.3) is 0 Å². The molecular weight excluding hydrogens is 619 g/mol. The van der Waals surface area contributed by atoms with Gasteiger partial charge in [0.2, 0.25) is 0 Å². The molecule has 1 aromatic heterocycles. The molecule has 3 aromatic carbocycles. The van der Waals surface area contributed by atoms with Gasteiger partial charge >= 0.3 is 6.18 Å². The number of hydrogen-bond acceptors (Lipinski definition) is 8. The van der Waals surface area contributed by atoms with Crippen molar-refractivity contribution in [2.75, 3.05) is 42.0 Å². The quantitative estimate of drug-likeness (QED) is 0.271. The van der Waals surface area contributed by atoms with Crippen molar-refractivity contribution in [3.8, 4) is 11.8 Å². The second-order valence-electron chi connectivity index (χ2n) is 10.7. The first-order valence-electron chi connectivity index (χ1n) is 14.5. The molecule has 0 aliphatic carbocycles. The zero-order chi connectivity index (χ0) is 32.7. The van der Waals surface area contributed by atoms with Gasteiger partial charge in [0, 0.05) is 55.4 Å². The van der Waals surface area contributed by atoms with Crippen LogP contribution in [0.2, 0.25) is 0 Å². The number of anilines is 2. The highest BCUT2D eigenvalue weighted by Crippen LogP contribution is 2.53. The van der Waals surface area contributed by atoms with E-state index in [1.165, 1.54) is 24.3 Å². The molecule has 3 heterocycles. The van der Waals surface area contributed by atoms with Gasteiger partial charge in [-0.2, -0.15) is 18.4 Å². The number of rotatable bonds is 7. The van der Waals surface area contributed by atoms with Gasteiger partial charge in [0.15, 0.2) is 5.54 Å². The van der Waals surface area contributed by atoms with Gasteiger partial charge in [-0.15, -0.1) is 0 Å². The van der Waals surface area contributed by atoms with Gasteiger partial charge in [0.1, 0.15) is 10.6 Å².